The van der Waals surface area contributed by atoms with E-state index in [4.69, 9.17) is 9.84 Å². The molecule has 0 aliphatic heterocycles. The molecule has 7 heteroatoms. The number of hydrogen-bond donors (Lipinski definition) is 0. The third-order valence-corrected chi connectivity index (χ3v) is 5.00. The third-order valence-electron chi connectivity index (χ3n) is 5.00. The van der Waals surface area contributed by atoms with Gasteiger partial charge in [-0.1, -0.05) is 24.3 Å². The summed E-state index contributed by atoms with van der Waals surface area (Å²) in [7, 11) is 3.29. The predicted octanol–water partition coefficient (Wildman–Crippen LogP) is 4.67. The van der Waals surface area contributed by atoms with E-state index in [1.165, 1.54) is 4.90 Å². The fraction of sp³-hybridized carbons (Fsp3) is 0.0833. The van der Waals surface area contributed by atoms with Gasteiger partial charge in [0.1, 0.15) is 11.4 Å². The van der Waals surface area contributed by atoms with Crippen LogP contribution in [0, 0.1) is 0 Å². The Morgan fingerprint density at radius 3 is 2.61 bits per heavy atom. The molecule has 0 radical (unpaired) electrons. The molecule has 5 aromatic rings. The van der Waals surface area contributed by atoms with Gasteiger partial charge in [0, 0.05) is 49.7 Å². The molecule has 0 atom stereocenters. The maximum absolute atomic E-state index is 12.1. The second-order valence-corrected chi connectivity index (χ2v) is 7.27. The summed E-state index contributed by atoms with van der Waals surface area (Å²) in [6, 6.07) is 19.2. The number of hydrogen-bond acceptors (Lipinski definition) is 5. The lowest BCUT2D eigenvalue weighted by Gasteiger charge is -2.11. The molecule has 0 saturated carbocycles. The van der Waals surface area contributed by atoms with E-state index in [9.17, 15) is 4.79 Å². The number of amides is 1. The number of aromatic nitrogens is 4. The Labute approximate surface area is 178 Å². The average Bonchev–Trinajstić information content (AvgIpc) is 3.18. The first kappa shape index (κ1) is 18.7. The van der Waals surface area contributed by atoms with Crippen molar-refractivity contribution in [1.29, 1.82) is 0 Å². The highest BCUT2D eigenvalue weighted by atomic mass is 16.6. The van der Waals surface area contributed by atoms with Crippen molar-refractivity contribution in [3.8, 4) is 28.3 Å². The molecule has 0 N–H and O–H groups in total. The van der Waals surface area contributed by atoms with Crippen molar-refractivity contribution >= 4 is 22.5 Å². The molecule has 0 spiro atoms. The van der Waals surface area contributed by atoms with Gasteiger partial charge in [-0.3, -0.25) is 9.97 Å². The van der Waals surface area contributed by atoms with Gasteiger partial charge in [0.05, 0.1) is 16.7 Å². The molecule has 0 fully saturated rings. The van der Waals surface area contributed by atoms with Crippen molar-refractivity contribution in [1.82, 2.24) is 24.5 Å². The van der Waals surface area contributed by atoms with Crippen LogP contribution in [0.1, 0.15) is 0 Å². The van der Waals surface area contributed by atoms with Gasteiger partial charge in [0.15, 0.2) is 0 Å². The van der Waals surface area contributed by atoms with Gasteiger partial charge in [-0.05, 0) is 35.9 Å². The second-order valence-electron chi connectivity index (χ2n) is 7.27. The maximum atomic E-state index is 12.1. The van der Waals surface area contributed by atoms with E-state index < -0.39 is 6.09 Å². The van der Waals surface area contributed by atoms with Crippen LogP contribution in [0.4, 0.5) is 4.79 Å². The lowest BCUT2D eigenvalue weighted by Crippen LogP contribution is -2.25. The Morgan fingerprint density at radius 1 is 0.968 bits per heavy atom. The summed E-state index contributed by atoms with van der Waals surface area (Å²) in [4.78, 5) is 22.5. The number of para-hydroxylation sites is 1. The van der Waals surface area contributed by atoms with Crippen molar-refractivity contribution in [2.45, 2.75) is 0 Å². The number of rotatable bonds is 3. The van der Waals surface area contributed by atoms with Crippen LogP contribution in [0.25, 0.3) is 38.9 Å². The van der Waals surface area contributed by atoms with E-state index in [-0.39, 0.29) is 0 Å². The zero-order chi connectivity index (χ0) is 21.4. The minimum absolute atomic E-state index is 0.440. The van der Waals surface area contributed by atoms with Crippen LogP contribution in [0.5, 0.6) is 5.75 Å². The molecule has 4 heterocycles. The summed E-state index contributed by atoms with van der Waals surface area (Å²) in [5.41, 5.74) is 5.09. The smallest absolute Gasteiger partial charge is 0.410 e. The molecule has 1 amide bonds. The van der Waals surface area contributed by atoms with E-state index in [0.29, 0.717) is 5.75 Å². The Morgan fingerprint density at radius 2 is 1.81 bits per heavy atom. The fourth-order valence-electron chi connectivity index (χ4n) is 3.54. The Kier molecular flexibility index (Phi) is 4.55. The van der Waals surface area contributed by atoms with Gasteiger partial charge in [-0.2, -0.15) is 5.10 Å². The minimum atomic E-state index is -0.440. The number of nitrogens with zero attached hydrogens (tertiary/aromatic N) is 5. The van der Waals surface area contributed by atoms with Crippen molar-refractivity contribution in [3.05, 3.63) is 79.3 Å². The molecule has 0 aliphatic carbocycles. The van der Waals surface area contributed by atoms with E-state index in [1.807, 2.05) is 54.6 Å². The van der Waals surface area contributed by atoms with Gasteiger partial charge in [0.2, 0.25) is 0 Å². The topological polar surface area (TPSA) is 72.6 Å². The number of benzene rings is 1. The summed E-state index contributed by atoms with van der Waals surface area (Å²) in [6.07, 6.45) is 4.88. The molecule has 0 bridgehead atoms. The lowest BCUT2D eigenvalue weighted by molar-refractivity contribution is 0.172. The normalized spacial score (nSPS) is 11.0. The van der Waals surface area contributed by atoms with Crippen molar-refractivity contribution in [2.24, 2.45) is 0 Å². The summed E-state index contributed by atoms with van der Waals surface area (Å²) in [6.45, 7) is 0. The lowest BCUT2D eigenvalue weighted by atomic mass is 9.98. The molecule has 5 rings (SSSR count). The summed E-state index contributed by atoms with van der Waals surface area (Å²) in [5, 5.41) is 5.81. The van der Waals surface area contributed by atoms with Crippen LogP contribution in [0.2, 0.25) is 0 Å². The number of carbonyl (C=O) groups is 1. The van der Waals surface area contributed by atoms with Crippen molar-refractivity contribution in [3.63, 3.8) is 0 Å². The molecule has 7 nitrogen and oxygen atoms in total. The van der Waals surface area contributed by atoms with Gasteiger partial charge in [-0.25, -0.2) is 9.31 Å². The Bertz CT molecular complexity index is 1400. The van der Waals surface area contributed by atoms with Crippen LogP contribution in [0.15, 0.2) is 79.3 Å². The number of ether oxygens (including phenoxy) is 1. The first-order valence-electron chi connectivity index (χ1n) is 9.79. The second kappa shape index (κ2) is 7.53. The van der Waals surface area contributed by atoms with Crippen LogP contribution < -0.4 is 4.74 Å². The highest BCUT2D eigenvalue weighted by Crippen LogP contribution is 2.38. The SMILES string of the molecule is CN(C)C(=O)Oc1ccn2nc(-c3ccccn3)c(-c3ccnc4ccccc34)c2c1. The maximum Gasteiger partial charge on any atom is 0.414 e. The summed E-state index contributed by atoms with van der Waals surface area (Å²) < 4.78 is 7.27. The molecule has 31 heavy (non-hydrogen) atoms. The molecule has 152 valence electrons. The van der Waals surface area contributed by atoms with Gasteiger partial charge in [-0.15, -0.1) is 0 Å². The molecule has 0 unspecified atom stereocenters. The number of carbonyl (C=O) groups excluding carboxylic acids is 1. The minimum Gasteiger partial charge on any atom is -0.410 e. The highest BCUT2D eigenvalue weighted by Gasteiger charge is 2.20. The van der Waals surface area contributed by atoms with Crippen LogP contribution in [-0.2, 0) is 0 Å². The van der Waals surface area contributed by atoms with E-state index in [2.05, 4.69) is 9.97 Å². The molecule has 0 aliphatic rings. The first-order chi connectivity index (χ1) is 15.1. The summed E-state index contributed by atoms with van der Waals surface area (Å²) >= 11 is 0. The molecular formula is C24H19N5O2. The molecule has 1 aromatic carbocycles. The monoisotopic (exact) mass is 409 g/mol. The average molecular weight is 409 g/mol. The van der Waals surface area contributed by atoms with E-state index >= 15 is 0 Å². The Hall–Kier alpha value is -4.26. The molecule has 0 saturated heterocycles. The molecule has 4 aromatic heterocycles. The Balaban J connectivity index is 1.80. The quantitative estimate of drug-likeness (QED) is 0.433. The van der Waals surface area contributed by atoms with Crippen molar-refractivity contribution in [2.75, 3.05) is 14.1 Å². The van der Waals surface area contributed by atoms with Crippen LogP contribution in [0.3, 0.4) is 0 Å². The van der Waals surface area contributed by atoms with Crippen LogP contribution >= 0.6 is 0 Å². The third kappa shape index (κ3) is 3.36. The largest absolute Gasteiger partial charge is 0.414 e. The van der Waals surface area contributed by atoms with Crippen molar-refractivity contribution < 1.29 is 9.53 Å². The first-order valence-corrected chi connectivity index (χ1v) is 9.79. The number of pyridine rings is 3. The zero-order valence-electron chi connectivity index (χ0n) is 17.1. The summed E-state index contributed by atoms with van der Waals surface area (Å²) in [5.74, 6) is 0.443. The van der Waals surface area contributed by atoms with Gasteiger partial charge in [0.25, 0.3) is 0 Å². The predicted molar refractivity (Wildman–Crippen MR) is 119 cm³/mol. The highest BCUT2D eigenvalue weighted by molar-refractivity contribution is 6.03. The van der Waals surface area contributed by atoms with Gasteiger partial charge >= 0.3 is 6.09 Å². The van der Waals surface area contributed by atoms with Crippen LogP contribution in [-0.4, -0.2) is 44.7 Å². The number of fused-ring (bicyclic) bond motifs is 2. The van der Waals surface area contributed by atoms with E-state index in [1.54, 1.807) is 43.3 Å². The zero-order valence-corrected chi connectivity index (χ0v) is 17.1. The van der Waals surface area contributed by atoms with Gasteiger partial charge < -0.3 is 9.64 Å². The fourth-order valence-corrected chi connectivity index (χ4v) is 3.54. The van der Waals surface area contributed by atoms with E-state index in [0.717, 1.165) is 38.9 Å². The standard InChI is InChI=1S/C24H19N5O2/c1-28(2)24(30)31-16-11-14-29-21(15-16)22(23(27-29)20-9-5-6-12-25-20)18-10-13-26-19-8-4-3-7-17(18)19/h3-15H,1-2H3. The molecular weight excluding hydrogens is 390 g/mol.